The fourth-order valence-corrected chi connectivity index (χ4v) is 2.65. The summed E-state index contributed by atoms with van der Waals surface area (Å²) in [6, 6.07) is 18.2. The van der Waals surface area contributed by atoms with Crippen LogP contribution in [0.2, 0.25) is 0 Å². The highest BCUT2D eigenvalue weighted by Gasteiger charge is 2.13. The molecule has 4 nitrogen and oxygen atoms in total. The van der Waals surface area contributed by atoms with Crippen molar-refractivity contribution in [2.24, 2.45) is 0 Å². The Morgan fingerprint density at radius 3 is 2.12 bits per heavy atom. The molecule has 0 aromatic heterocycles. The van der Waals surface area contributed by atoms with Crippen LogP contribution in [-0.4, -0.2) is 43.5 Å². The number of carbonyl (C=O) groups is 1. The number of piperazine rings is 1. The number of nitrogens with zero attached hydrogens (tertiary/aromatic N) is 1. The molecule has 24 heavy (non-hydrogen) atoms. The Bertz CT molecular complexity index is 614. The number of benzene rings is 2. The van der Waals surface area contributed by atoms with Crippen molar-refractivity contribution in [2.75, 3.05) is 38.0 Å². The maximum absolute atomic E-state index is 12.1. The zero-order valence-electron chi connectivity index (χ0n) is 13.4. The molecule has 1 saturated heterocycles. The van der Waals surface area contributed by atoms with Crippen LogP contribution >= 0.6 is 24.8 Å². The van der Waals surface area contributed by atoms with E-state index in [1.807, 2.05) is 42.5 Å². The summed E-state index contributed by atoms with van der Waals surface area (Å²) in [6.07, 6.45) is 0. The minimum Gasteiger partial charge on any atom is -0.325 e. The van der Waals surface area contributed by atoms with Gasteiger partial charge in [0.2, 0.25) is 5.91 Å². The van der Waals surface area contributed by atoms with Gasteiger partial charge in [0.15, 0.2) is 0 Å². The van der Waals surface area contributed by atoms with Crippen molar-refractivity contribution in [3.8, 4) is 11.1 Å². The minimum atomic E-state index is 0. The third kappa shape index (κ3) is 5.80. The van der Waals surface area contributed by atoms with E-state index in [-0.39, 0.29) is 30.7 Å². The van der Waals surface area contributed by atoms with Gasteiger partial charge in [-0.2, -0.15) is 0 Å². The first kappa shape index (κ1) is 20.5. The average Bonchev–Trinajstić information content (AvgIpc) is 2.57. The second kappa shape index (κ2) is 10.3. The second-order valence-electron chi connectivity index (χ2n) is 5.52. The Hall–Kier alpha value is -1.59. The highest BCUT2D eigenvalue weighted by atomic mass is 35.5. The average molecular weight is 368 g/mol. The molecular weight excluding hydrogens is 345 g/mol. The molecule has 3 rings (SSSR count). The van der Waals surface area contributed by atoms with Gasteiger partial charge in [0.1, 0.15) is 0 Å². The quantitative estimate of drug-likeness (QED) is 0.872. The van der Waals surface area contributed by atoms with Crippen LogP contribution in [-0.2, 0) is 4.79 Å². The summed E-state index contributed by atoms with van der Waals surface area (Å²) in [7, 11) is 0. The standard InChI is InChI=1S/C18H21N3O.2ClH/c22-18(14-21-12-10-19-11-13-21)20-17-8-6-16(7-9-17)15-4-2-1-3-5-15;;/h1-9,19H,10-14H2,(H,20,22);2*1H. The second-order valence-corrected chi connectivity index (χ2v) is 5.52. The van der Waals surface area contributed by atoms with E-state index in [4.69, 9.17) is 0 Å². The molecule has 130 valence electrons. The van der Waals surface area contributed by atoms with E-state index in [2.05, 4.69) is 27.7 Å². The Balaban J connectivity index is 0.00000144. The van der Waals surface area contributed by atoms with E-state index in [1.54, 1.807) is 0 Å². The number of amides is 1. The highest BCUT2D eigenvalue weighted by molar-refractivity contribution is 5.92. The molecule has 0 spiro atoms. The van der Waals surface area contributed by atoms with Crippen molar-refractivity contribution in [3.05, 3.63) is 54.6 Å². The normalized spacial score (nSPS) is 14.2. The van der Waals surface area contributed by atoms with Gasteiger partial charge in [0, 0.05) is 31.9 Å². The maximum atomic E-state index is 12.1. The van der Waals surface area contributed by atoms with Crippen molar-refractivity contribution < 1.29 is 4.79 Å². The molecule has 1 aliphatic rings. The van der Waals surface area contributed by atoms with Crippen LogP contribution in [0.15, 0.2) is 54.6 Å². The van der Waals surface area contributed by atoms with Gasteiger partial charge in [-0.1, -0.05) is 42.5 Å². The van der Waals surface area contributed by atoms with E-state index < -0.39 is 0 Å². The molecular formula is C18H23Cl2N3O. The number of rotatable bonds is 4. The van der Waals surface area contributed by atoms with Crippen LogP contribution < -0.4 is 10.6 Å². The zero-order chi connectivity index (χ0) is 15.2. The molecule has 0 radical (unpaired) electrons. The molecule has 0 unspecified atom stereocenters. The molecule has 0 atom stereocenters. The molecule has 2 N–H and O–H groups in total. The molecule has 1 aliphatic heterocycles. The van der Waals surface area contributed by atoms with E-state index in [0.717, 1.165) is 37.4 Å². The van der Waals surface area contributed by atoms with Crippen molar-refractivity contribution in [1.82, 2.24) is 10.2 Å². The van der Waals surface area contributed by atoms with Crippen LogP contribution in [0.1, 0.15) is 0 Å². The smallest absolute Gasteiger partial charge is 0.238 e. The predicted octanol–water partition coefficient (Wildman–Crippen LogP) is 3.04. The van der Waals surface area contributed by atoms with Crippen molar-refractivity contribution in [1.29, 1.82) is 0 Å². The van der Waals surface area contributed by atoms with Crippen LogP contribution in [0.5, 0.6) is 0 Å². The third-order valence-corrected chi connectivity index (χ3v) is 3.85. The number of nitrogens with one attached hydrogen (secondary N) is 2. The van der Waals surface area contributed by atoms with Gasteiger partial charge < -0.3 is 10.6 Å². The van der Waals surface area contributed by atoms with Crippen molar-refractivity contribution >= 4 is 36.4 Å². The molecule has 1 amide bonds. The SMILES string of the molecule is Cl.Cl.O=C(CN1CCNCC1)Nc1ccc(-c2ccccc2)cc1. The summed E-state index contributed by atoms with van der Waals surface area (Å²) in [6.45, 7) is 4.24. The molecule has 2 aromatic rings. The summed E-state index contributed by atoms with van der Waals surface area (Å²) in [4.78, 5) is 14.2. The Morgan fingerprint density at radius 1 is 0.917 bits per heavy atom. The minimum absolute atomic E-state index is 0. The largest absolute Gasteiger partial charge is 0.325 e. The molecule has 1 heterocycles. The van der Waals surface area contributed by atoms with Gasteiger partial charge in [-0.05, 0) is 23.3 Å². The van der Waals surface area contributed by atoms with E-state index in [0.29, 0.717) is 6.54 Å². The Kier molecular flexibility index (Phi) is 8.79. The van der Waals surface area contributed by atoms with Crippen LogP contribution in [0.3, 0.4) is 0 Å². The fourth-order valence-electron chi connectivity index (χ4n) is 2.65. The van der Waals surface area contributed by atoms with Gasteiger partial charge in [0.25, 0.3) is 0 Å². The zero-order valence-corrected chi connectivity index (χ0v) is 15.0. The first-order valence-corrected chi connectivity index (χ1v) is 7.70. The molecule has 2 aromatic carbocycles. The molecule has 0 saturated carbocycles. The third-order valence-electron chi connectivity index (χ3n) is 3.85. The first-order chi connectivity index (χ1) is 10.8. The molecule has 6 heteroatoms. The molecule has 0 aliphatic carbocycles. The van der Waals surface area contributed by atoms with Gasteiger partial charge in [-0.25, -0.2) is 0 Å². The summed E-state index contributed by atoms with van der Waals surface area (Å²) in [5.74, 6) is 0.0503. The fraction of sp³-hybridized carbons (Fsp3) is 0.278. The monoisotopic (exact) mass is 367 g/mol. The van der Waals surface area contributed by atoms with Crippen molar-refractivity contribution in [2.45, 2.75) is 0 Å². The topological polar surface area (TPSA) is 44.4 Å². The number of halogens is 2. The van der Waals surface area contributed by atoms with Crippen LogP contribution in [0.4, 0.5) is 5.69 Å². The summed E-state index contributed by atoms with van der Waals surface area (Å²) in [5, 5.41) is 6.25. The van der Waals surface area contributed by atoms with Gasteiger partial charge >= 0.3 is 0 Å². The number of carbonyl (C=O) groups excluding carboxylic acids is 1. The first-order valence-electron chi connectivity index (χ1n) is 7.70. The van der Waals surface area contributed by atoms with Gasteiger partial charge in [-0.15, -0.1) is 24.8 Å². The van der Waals surface area contributed by atoms with E-state index in [9.17, 15) is 4.79 Å². The Labute approximate surface area is 155 Å². The Morgan fingerprint density at radius 2 is 1.50 bits per heavy atom. The van der Waals surface area contributed by atoms with Crippen LogP contribution in [0, 0.1) is 0 Å². The van der Waals surface area contributed by atoms with Crippen LogP contribution in [0.25, 0.3) is 11.1 Å². The van der Waals surface area contributed by atoms with Crippen molar-refractivity contribution in [3.63, 3.8) is 0 Å². The lowest BCUT2D eigenvalue weighted by Gasteiger charge is -2.26. The highest BCUT2D eigenvalue weighted by Crippen LogP contribution is 2.20. The lowest BCUT2D eigenvalue weighted by atomic mass is 10.1. The summed E-state index contributed by atoms with van der Waals surface area (Å²) < 4.78 is 0. The number of hydrogen-bond donors (Lipinski definition) is 2. The summed E-state index contributed by atoms with van der Waals surface area (Å²) in [5.41, 5.74) is 3.18. The van der Waals surface area contributed by atoms with Gasteiger partial charge in [-0.3, -0.25) is 9.69 Å². The van der Waals surface area contributed by atoms with Gasteiger partial charge in [0.05, 0.1) is 6.54 Å². The number of hydrogen-bond acceptors (Lipinski definition) is 3. The maximum Gasteiger partial charge on any atom is 0.238 e. The van der Waals surface area contributed by atoms with E-state index >= 15 is 0 Å². The molecule has 1 fully saturated rings. The van der Waals surface area contributed by atoms with E-state index in [1.165, 1.54) is 5.56 Å². The summed E-state index contributed by atoms with van der Waals surface area (Å²) >= 11 is 0. The lowest BCUT2D eigenvalue weighted by molar-refractivity contribution is -0.117. The predicted molar refractivity (Wildman–Crippen MR) is 104 cm³/mol. The lowest BCUT2D eigenvalue weighted by Crippen LogP contribution is -2.46. The molecule has 0 bridgehead atoms. The number of anilines is 1.